The minimum absolute atomic E-state index is 0.00320. The van der Waals surface area contributed by atoms with E-state index >= 15 is 8.78 Å². The van der Waals surface area contributed by atoms with E-state index in [0.717, 1.165) is 17.8 Å². The molecule has 0 fully saturated rings. The zero-order valence-electron chi connectivity index (χ0n) is 27.9. The van der Waals surface area contributed by atoms with Crippen molar-refractivity contribution in [2.45, 2.75) is 82.6 Å². The third-order valence-electron chi connectivity index (χ3n) is 7.02. The number of aliphatic imine (C=N–C) groups is 1. The summed E-state index contributed by atoms with van der Waals surface area (Å²) in [7, 11) is -0.182. The zero-order valence-corrected chi connectivity index (χ0v) is 29.7. The monoisotopic (exact) mass is 672 g/mol. The Hall–Kier alpha value is -3.60. The fourth-order valence-corrected chi connectivity index (χ4v) is 6.84. The van der Waals surface area contributed by atoms with Crippen LogP contribution in [0.25, 0.3) is 11.9 Å². The molecule has 46 heavy (non-hydrogen) atoms. The molecular formula is C33H42F2N4O5SSi. The number of esters is 1. The lowest BCUT2D eigenvalue weighted by molar-refractivity contribution is -0.143. The molecule has 2 heterocycles. The van der Waals surface area contributed by atoms with Crippen LogP contribution in [0.15, 0.2) is 41.5 Å². The van der Waals surface area contributed by atoms with Gasteiger partial charge in [0.25, 0.3) is 0 Å². The van der Waals surface area contributed by atoms with Crippen molar-refractivity contribution in [2.24, 2.45) is 4.99 Å². The zero-order chi connectivity index (χ0) is 34.5. The summed E-state index contributed by atoms with van der Waals surface area (Å²) in [6.45, 7) is 15.3. The van der Waals surface area contributed by atoms with Crippen molar-refractivity contribution in [2.75, 3.05) is 20.4 Å². The van der Waals surface area contributed by atoms with Crippen molar-refractivity contribution >= 4 is 49.0 Å². The second kappa shape index (κ2) is 14.4. The molecule has 1 aliphatic heterocycles. The van der Waals surface area contributed by atoms with Crippen molar-refractivity contribution in [1.29, 1.82) is 5.26 Å². The number of hydrogen-bond donors (Lipinski definition) is 0. The summed E-state index contributed by atoms with van der Waals surface area (Å²) < 4.78 is 46.3. The number of ether oxygens (including phenoxy) is 3. The van der Waals surface area contributed by atoms with E-state index in [4.69, 9.17) is 24.5 Å². The Morgan fingerprint density at radius 3 is 2.46 bits per heavy atom. The fourth-order valence-electron chi connectivity index (χ4n) is 4.67. The van der Waals surface area contributed by atoms with Gasteiger partial charge in [-0.1, -0.05) is 37.5 Å². The van der Waals surface area contributed by atoms with Gasteiger partial charge >= 0.3 is 12.1 Å². The molecule has 0 N–H and O–H groups in total. The predicted molar refractivity (Wildman–Crippen MR) is 179 cm³/mol. The molecule has 2 aromatic rings. The highest BCUT2D eigenvalue weighted by Crippen LogP contribution is 2.48. The minimum Gasteiger partial charge on any atom is -0.468 e. The Bertz CT molecular complexity index is 1550. The first-order valence-corrected chi connectivity index (χ1v) is 19.3. The number of aromatic nitrogens is 1. The maximum Gasteiger partial charge on any atom is 0.418 e. The van der Waals surface area contributed by atoms with Gasteiger partial charge < -0.3 is 14.2 Å². The van der Waals surface area contributed by atoms with Gasteiger partial charge in [0.2, 0.25) is 0 Å². The third kappa shape index (κ3) is 9.70. The van der Waals surface area contributed by atoms with Crippen LogP contribution in [0.3, 0.4) is 0 Å². The van der Waals surface area contributed by atoms with Crippen molar-refractivity contribution in [3.63, 3.8) is 0 Å². The SMILES string of the molecule is COC(=O)C1(C)C[C@@](C)(c2cc(/C=C(\F)c3ccc(C#N)cn3)ccc2F)N=C(N(COCC[Si](C)(C)C)C(=O)OC(C)(C)C)S1. The highest BCUT2D eigenvalue weighted by atomic mass is 32.2. The van der Waals surface area contributed by atoms with E-state index < -0.39 is 47.7 Å². The highest BCUT2D eigenvalue weighted by Gasteiger charge is 2.50. The van der Waals surface area contributed by atoms with Crippen molar-refractivity contribution in [1.82, 2.24) is 9.88 Å². The van der Waals surface area contributed by atoms with Crippen LogP contribution in [0.5, 0.6) is 0 Å². The topological polar surface area (TPSA) is 114 Å². The standard InChI is InChI=1S/C33H42F2N4O5SSi/c1-31(2,3)44-30(41)39(21-43-14-15-46(7,8)9)29-38-32(4,20-33(5,45-29)28(40)42-6)24-16-22(10-12-25(24)34)17-26(35)27-13-11-23(18-36)19-37-27/h10-13,16-17,19H,14-15,20-21H2,1-9H3/b26-17-/t32-,33?/m0/s1. The number of carbonyl (C=O) groups is 2. The molecule has 0 saturated heterocycles. The van der Waals surface area contributed by atoms with Gasteiger partial charge in [0.15, 0.2) is 5.17 Å². The summed E-state index contributed by atoms with van der Waals surface area (Å²) in [5.74, 6) is -1.91. The number of hydrogen-bond acceptors (Lipinski definition) is 9. The Labute approximate surface area is 275 Å². The molecule has 1 unspecified atom stereocenters. The second-order valence-electron chi connectivity index (χ2n) is 13.7. The average Bonchev–Trinajstić information content (AvgIpc) is 2.95. The average molecular weight is 673 g/mol. The Balaban J connectivity index is 2.12. The molecule has 1 amide bonds. The number of nitriles is 1. The Kier molecular flexibility index (Phi) is 11.6. The van der Waals surface area contributed by atoms with E-state index in [1.165, 1.54) is 54.6 Å². The molecule has 2 atom stereocenters. The van der Waals surface area contributed by atoms with Crippen molar-refractivity contribution in [3.05, 3.63) is 64.7 Å². The summed E-state index contributed by atoms with van der Waals surface area (Å²) >= 11 is 1.01. The molecule has 248 valence electrons. The highest BCUT2D eigenvalue weighted by molar-refractivity contribution is 8.15. The molecule has 0 spiro atoms. The van der Waals surface area contributed by atoms with Gasteiger partial charge in [-0.25, -0.2) is 18.5 Å². The number of carbonyl (C=O) groups excluding carboxylic acids is 2. The number of benzene rings is 1. The quantitative estimate of drug-likeness (QED) is 0.115. The van der Waals surface area contributed by atoms with Gasteiger partial charge in [0.1, 0.15) is 34.8 Å². The van der Waals surface area contributed by atoms with Gasteiger partial charge in [-0.3, -0.25) is 14.8 Å². The molecule has 13 heteroatoms. The summed E-state index contributed by atoms with van der Waals surface area (Å²) in [6, 6.07) is 9.67. The maximum atomic E-state index is 15.7. The van der Waals surface area contributed by atoms with E-state index in [1.54, 1.807) is 34.6 Å². The Morgan fingerprint density at radius 1 is 1.20 bits per heavy atom. The Morgan fingerprint density at radius 2 is 1.89 bits per heavy atom. The van der Waals surface area contributed by atoms with E-state index in [1.807, 2.05) is 6.07 Å². The number of methoxy groups -OCH3 is 1. The van der Waals surface area contributed by atoms with Crippen LogP contribution in [-0.4, -0.2) is 66.0 Å². The van der Waals surface area contributed by atoms with Crippen molar-refractivity contribution < 1.29 is 32.6 Å². The van der Waals surface area contributed by atoms with Gasteiger partial charge in [0.05, 0.1) is 23.9 Å². The largest absolute Gasteiger partial charge is 0.468 e. The number of thioether (sulfide) groups is 1. The van der Waals surface area contributed by atoms with Crippen LogP contribution in [-0.2, 0) is 24.5 Å². The first kappa shape index (κ1) is 36.9. The van der Waals surface area contributed by atoms with E-state index in [9.17, 15) is 9.59 Å². The van der Waals surface area contributed by atoms with Crippen LogP contribution in [0.1, 0.15) is 63.4 Å². The van der Waals surface area contributed by atoms with Crippen LogP contribution >= 0.6 is 11.8 Å². The number of amidine groups is 1. The van der Waals surface area contributed by atoms with E-state index in [-0.39, 0.29) is 35.1 Å². The number of amides is 1. The molecule has 0 aliphatic carbocycles. The molecule has 1 aromatic carbocycles. The molecule has 1 aromatic heterocycles. The summed E-state index contributed by atoms with van der Waals surface area (Å²) in [4.78, 5) is 36.8. The summed E-state index contributed by atoms with van der Waals surface area (Å²) in [5, 5.41) is 9.10. The van der Waals surface area contributed by atoms with Crippen LogP contribution < -0.4 is 0 Å². The molecule has 1 aliphatic rings. The molecule has 0 bridgehead atoms. The first-order valence-electron chi connectivity index (χ1n) is 14.8. The molecule has 0 saturated carbocycles. The second-order valence-corrected chi connectivity index (χ2v) is 20.8. The summed E-state index contributed by atoms with van der Waals surface area (Å²) in [6.07, 6.45) is 1.72. The van der Waals surface area contributed by atoms with Gasteiger partial charge in [0, 0.05) is 32.9 Å². The number of halogens is 2. The number of nitrogens with zero attached hydrogens (tertiary/aromatic N) is 4. The molecule has 3 rings (SSSR count). The lowest BCUT2D eigenvalue weighted by atomic mass is 9.82. The van der Waals surface area contributed by atoms with Gasteiger partial charge in [-0.15, -0.1) is 0 Å². The van der Waals surface area contributed by atoms with Crippen molar-refractivity contribution in [3.8, 4) is 6.07 Å². The van der Waals surface area contributed by atoms with E-state index in [0.29, 0.717) is 12.2 Å². The number of rotatable bonds is 9. The molecular weight excluding hydrogens is 631 g/mol. The van der Waals surface area contributed by atoms with Crippen LogP contribution in [0.4, 0.5) is 13.6 Å². The van der Waals surface area contributed by atoms with Gasteiger partial charge in [-0.05, 0) is 76.6 Å². The summed E-state index contributed by atoms with van der Waals surface area (Å²) in [5.41, 5.74) is -1.56. The lowest BCUT2D eigenvalue weighted by Crippen LogP contribution is -2.50. The molecule has 0 radical (unpaired) electrons. The third-order valence-corrected chi connectivity index (χ3v) is 9.98. The first-order chi connectivity index (χ1) is 21.3. The van der Waals surface area contributed by atoms with Crippen LogP contribution in [0.2, 0.25) is 25.7 Å². The van der Waals surface area contributed by atoms with Crippen LogP contribution in [0, 0.1) is 17.1 Å². The van der Waals surface area contributed by atoms with E-state index in [2.05, 4.69) is 24.6 Å². The molecule has 9 nitrogen and oxygen atoms in total. The predicted octanol–water partition coefficient (Wildman–Crippen LogP) is 7.75. The lowest BCUT2D eigenvalue weighted by Gasteiger charge is -2.42. The number of pyridine rings is 1. The minimum atomic E-state index is -1.44. The maximum absolute atomic E-state index is 15.7. The normalized spacial score (nSPS) is 20.4. The fraction of sp³-hybridized carbons (Fsp3) is 0.485. The van der Waals surface area contributed by atoms with Gasteiger partial charge in [-0.2, -0.15) is 5.26 Å². The smallest absolute Gasteiger partial charge is 0.418 e.